The first-order valence-electron chi connectivity index (χ1n) is 10.5. The number of aryl methyl sites for hydroxylation is 1. The SMILES string of the molecule is C=C(CC)CC(C)C(CC)CCCC(=O)OC(C)(C)C.Cc1ccccc1. The van der Waals surface area contributed by atoms with Crippen LogP contribution in [0.2, 0.25) is 0 Å². The van der Waals surface area contributed by atoms with Gasteiger partial charge in [0.05, 0.1) is 0 Å². The minimum absolute atomic E-state index is 0.0713. The quantitative estimate of drug-likeness (QED) is 0.330. The van der Waals surface area contributed by atoms with Crippen LogP contribution in [0.15, 0.2) is 42.5 Å². The highest BCUT2D eigenvalue weighted by Crippen LogP contribution is 2.27. The van der Waals surface area contributed by atoms with Crippen molar-refractivity contribution in [1.29, 1.82) is 0 Å². The van der Waals surface area contributed by atoms with E-state index in [1.54, 1.807) is 0 Å². The van der Waals surface area contributed by atoms with Crippen LogP contribution >= 0.6 is 0 Å². The molecule has 2 unspecified atom stereocenters. The lowest BCUT2D eigenvalue weighted by Gasteiger charge is -2.24. The Bertz CT molecular complexity index is 525. The Morgan fingerprint density at radius 2 is 1.74 bits per heavy atom. The Morgan fingerprint density at radius 1 is 1.15 bits per heavy atom. The molecule has 154 valence electrons. The highest BCUT2D eigenvalue weighted by molar-refractivity contribution is 5.69. The first-order chi connectivity index (χ1) is 12.6. The third-order valence-corrected chi connectivity index (χ3v) is 4.76. The Morgan fingerprint density at radius 3 is 2.15 bits per heavy atom. The number of hydrogen-bond donors (Lipinski definition) is 0. The molecule has 0 aliphatic carbocycles. The minimum Gasteiger partial charge on any atom is -0.460 e. The zero-order chi connectivity index (χ0) is 20.9. The zero-order valence-corrected chi connectivity index (χ0v) is 18.8. The average molecular weight is 375 g/mol. The first kappa shape index (κ1) is 25.4. The van der Waals surface area contributed by atoms with E-state index in [1.165, 1.54) is 17.6 Å². The van der Waals surface area contributed by atoms with Gasteiger partial charge in [0.15, 0.2) is 0 Å². The molecule has 0 N–H and O–H groups in total. The second kappa shape index (κ2) is 13.6. The van der Waals surface area contributed by atoms with E-state index in [1.807, 2.05) is 39.0 Å². The van der Waals surface area contributed by atoms with Crippen molar-refractivity contribution in [3.63, 3.8) is 0 Å². The van der Waals surface area contributed by atoms with Crippen molar-refractivity contribution < 1.29 is 9.53 Å². The summed E-state index contributed by atoms with van der Waals surface area (Å²) in [6, 6.07) is 10.3. The Labute approximate surface area is 168 Å². The number of benzene rings is 1. The van der Waals surface area contributed by atoms with Crippen molar-refractivity contribution >= 4 is 5.97 Å². The van der Waals surface area contributed by atoms with Gasteiger partial charge in [-0.1, -0.05) is 75.2 Å². The van der Waals surface area contributed by atoms with Gasteiger partial charge < -0.3 is 4.74 Å². The van der Waals surface area contributed by atoms with Gasteiger partial charge in [-0.25, -0.2) is 0 Å². The summed E-state index contributed by atoms with van der Waals surface area (Å²) in [5.41, 5.74) is 2.29. The molecule has 2 atom stereocenters. The maximum atomic E-state index is 11.7. The number of carbonyl (C=O) groups is 1. The molecule has 1 rings (SSSR count). The van der Waals surface area contributed by atoms with Crippen LogP contribution in [-0.4, -0.2) is 11.6 Å². The Balaban J connectivity index is 0.000000797. The molecule has 0 fully saturated rings. The van der Waals surface area contributed by atoms with Crippen molar-refractivity contribution in [3.8, 4) is 0 Å². The maximum absolute atomic E-state index is 11.7. The third kappa shape index (κ3) is 14.2. The highest BCUT2D eigenvalue weighted by Gasteiger charge is 2.19. The standard InChI is InChI=1S/C18H34O2.C7H8/c1-8-14(3)13-15(4)16(9-2)11-10-12-17(19)20-18(5,6)7;1-7-5-3-2-4-6-7/h15-16H,3,8-13H2,1-2,4-7H3;2-6H,1H3. The smallest absolute Gasteiger partial charge is 0.306 e. The van der Waals surface area contributed by atoms with Gasteiger partial charge in [-0.2, -0.15) is 0 Å². The summed E-state index contributed by atoms with van der Waals surface area (Å²) in [4.78, 5) is 11.7. The number of ether oxygens (including phenoxy) is 1. The largest absolute Gasteiger partial charge is 0.460 e. The number of carbonyl (C=O) groups excluding carboxylic acids is 1. The normalized spacial score (nSPS) is 13.1. The predicted octanol–water partition coefficient (Wildman–Crippen LogP) is 7.51. The molecule has 0 bridgehead atoms. The van der Waals surface area contributed by atoms with Gasteiger partial charge in [0, 0.05) is 6.42 Å². The highest BCUT2D eigenvalue weighted by atomic mass is 16.6. The van der Waals surface area contributed by atoms with Crippen LogP contribution in [0.5, 0.6) is 0 Å². The van der Waals surface area contributed by atoms with Crippen molar-refractivity contribution in [1.82, 2.24) is 0 Å². The second-order valence-electron chi connectivity index (χ2n) is 8.59. The van der Waals surface area contributed by atoms with Gasteiger partial charge in [-0.15, -0.1) is 0 Å². The molecule has 27 heavy (non-hydrogen) atoms. The van der Waals surface area contributed by atoms with Crippen LogP contribution in [0.4, 0.5) is 0 Å². The van der Waals surface area contributed by atoms with Gasteiger partial charge >= 0.3 is 5.97 Å². The molecular weight excluding hydrogens is 332 g/mol. The maximum Gasteiger partial charge on any atom is 0.306 e. The van der Waals surface area contributed by atoms with Crippen molar-refractivity contribution in [2.45, 2.75) is 92.6 Å². The van der Waals surface area contributed by atoms with Crippen LogP contribution in [0.25, 0.3) is 0 Å². The summed E-state index contributed by atoms with van der Waals surface area (Å²) < 4.78 is 5.34. The van der Waals surface area contributed by atoms with E-state index < -0.39 is 0 Å². The first-order valence-corrected chi connectivity index (χ1v) is 10.5. The van der Waals surface area contributed by atoms with Gasteiger partial charge in [0.25, 0.3) is 0 Å². The topological polar surface area (TPSA) is 26.3 Å². The number of allylic oxidation sites excluding steroid dienone is 1. The van der Waals surface area contributed by atoms with Gasteiger partial charge in [0.2, 0.25) is 0 Å². The van der Waals surface area contributed by atoms with Crippen LogP contribution in [-0.2, 0) is 9.53 Å². The third-order valence-electron chi connectivity index (χ3n) is 4.76. The van der Waals surface area contributed by atoms with E-state index in [-0.39, 0.29) is 11.6 Å². The molecule has 0 spiro atoms. The van der Waals surface area contributed by atoms with Crippen molar-refractivity contribution in [2.24, 2.45) is 11.8 Å². The van der Waals surface area contributed by atoms with E-state index >= 15 is 0 Å². The molecule has 0 heterocycles. The Kier molecular flexibility index (Phi) is 12.8. The van der Waals surface area contributed by atoms with Crippen molar-refractivity contribution in [3.05, 3.63) is 48.0 Å². The lowest BCUT2D eigenvalue weighted by Crippen LogP contribution is -2.23. The van der Waals surface area contributed by atoms with Crippen LogP contribution in [0.1, 0.15) is 85.6 Å². The molecule has 0 aromatic heterocycles. The molecule has 1 aromatic rings. The van der Waals surface area contributed by atoms with E-state index in [0.29, 0.717) is 18.3 Å². The molecule has 2 nitrogen and oxygen atoms in total. The monoisotopic (exact) mass is 374 g/mol. The molecule has 2 heteroatoms. The number of rotatable bonds is 9. The fraction of sp³-hybridized carbons (Fsp3) is 0.640. The lowest BCUT2D eigenvalue weighted by molar-refractivity contribution is -0.155. The van der Waals surface area contributed by atoms with Crippen LogP contribution < -0.4 is 0 Å². The summed E-state index contributed by atoms with van der Waals surface area (Å²) in [5.74, 6) is 1.27. The zero-order valence-electron chi connectivity index (χ0n) is 18.8. The van der Waals surface area contributed by atoms with E-state index in [2.05, 4.69) is 46.4 Å². The van der Waals surface area contributed by atoms with E-state index in [0.717, 1.165) is 25.7 Å². The molecule has 0 aliphatic rings. The van der Waals surface area contributed by atoms with E-state index in [9.17, 15) is 4.79 Å². The van der Waals surface area contributed by atoms with Gasteiger partial charge in [0.1, 0.15) is 5.60 Å². The van der Waals surface area contributed by atoms with Crippen LogP contribution in [0, 0.1) is 18.8 Å². The molecule has 0 saturated heterocycles. The molecule has 1 aromatic carbocycles. The summed E-state index contributed by atoms with van der Waals surface area (Å²) in [7, 11) is 0. The summed E-state index contributed by atoms with van der Waals surface area (Å²) in [5, 5.41) is 0. The minimum atomic E-state index is -0.368. The fourth-order valence-corrected chi connectivity index (χ4v) is 3.09. The molecular formula is C25H42O2. The molecule has 0 aliphatic heterocycles. The average Bonchev–Trinajstić information content (AvgIpc) is 2.58. The lowest BCUT2D eigenvalue weighted by atomic mass is 9.83. The summed E-state index contributed by atoms with van der Waals surface area (Å²) in [6.07, 6.45) is 5.92. The second-order valence-corrected chi connectivity index (χ2v) is 8.59. The molecule has 0 radical (unpaired) electrons. The van der Waals surface area contributed by atoms with E-state index in [4.69, 9.17) is 4.74 Å². The van der Waals surface area contributed by atoms with Crippen LogP contribution in [0.3, 0.4) is 0 Å². The molecule has 0 saturated carbocycles. The fourth-order valence-electron chi connectivity index (χ4n) is 3.09. The van der Waals surface area contributed by atoms with Gasteiger partial charge in [-0.05, 0) is 65.2 Å². The van der Waals surface area contributed by atoms with Gasteiger partial charge in [-0.3, -0.25) is 4.79 Å². The predicted molar refractivity (Wildman–Crippen MR) is 118 cm³/mol. The van der Waals surface area contributed by atoms with Crippen molar-refractivity contribution in [2.75, 3.05) is 0 Å². The number of hydrogen-bond acceptors (Lipinski definition) is 2. The number of esters is 1. The molecule has 0 amide bonds. The Hall–Kier alpha value is -1.57. The summed E-state index contributed by atoms with van der Waals surface area (Å²) in [6.45, 7) is 18.6. The summed E-state index contributed by atoms with van der Waals surface area (Å²) >= 11 is 0.